The van der Waals surface area contributed by atoms with Crippen molar-refractivity contribution in [1.29, 1.82) is 0 Å². The second-order valence-electron chi connectivity index (χ2n) is 4.07. The van der Waals surface area contributed by atoms with Crippen LogP contribution in [0.3, 0.4) is 0 Å². The first-order valence-corrected chi connectivity index (χ1v) is 5.58. The zero-order valence-corrected chi connectivity index (χ0v) is 10.8. The van der Waals surface area contributed by atoms with Gasteiger partial charge >= 0.3 is 0 Å². The minimum atomic E-state index is 0.416. The molecule has 5 heteroatoms. The fourth-order valence-corrected chi connectivity index (χ4v) is 1.74. The molecule has 0 radical (unpaired) electrons. The summed E-state index contributed by atoms with van der Waals surface area (Å²) < 4.78 is 1.95. The van der Waals surface area contributed by atoms with E-state index in [0.717, 1.165) is 10.9 Å². The maximum Gasteiger partial charge on any atom is 0.161 e. The topological polar surface area (TPSA) is 34.0 Å². The Labute approximate surface area is 105 Å². The van der Waals surface area contributed by atoms with Gasteiger partial charge in [0.2, 0.25) is 0 Å². The SMILES string of the molecule is CN(C)CC#Cc1nnc(Cl)c2ccn(C)c12. The highest BCUT2D eigenvalue weighted by Crippen LogP contribution is 2.22. The first kappa shape index (κ1) is 11.9. The molecular weight excluding hydrogens is 236 g/mol. The van der Waals surface area contributed by atoms with E-state index in [0.29, 0.717) is 17.4 Å². The summed E-state index contributed by atoms with van der Waals surface area (Å²) in [6.07, 6.45) is 1.93. The van der Waals surface area contributed by atoms with Crippen LogP contribution < -0.4 is 0 Å². The van der Waals surface area contributed by atoms with Gasteiger partial charge in [-0.05, 0) is 26.1 Å². The highest BCUT2D eigenvalue weighted by Gasteiger charge is 2.09. The summed E-state index contributed by atoms with van der Waals surface area (Å²) in [6.45, 7) is 0.691. The molecule has 88 valence electrons. The van der Waals surface area contributed by atoms with E-state index in [9.17, 15) is 0 Å². The minimum Gasteiger partial charge on any atom is -0.348 e. The Morgan fingerprint density at radius 2 is 2.18 bits per heavy atom. The molecule has 2 rings (SSSR count). The molecule has 0 N–H and O–H groups in total. The summed E-state index contributed by atoms with van der Waals surface area (Å²) in [5, 5.41) is 9.25. The Hall–Kier alpha value is -1.57. The molecule has 0 unspecified atom stereocenters. The van der Waals surface area contributed by atoms with Gasteiger partial charge in [-0.1, -0.05) is 17.5 Å². The van der Waals surface area contributed by atoms with Crippen molar-refractivity contribution in [3.8, 4) is 11.8 Å². The van der Waals surface area contributed by atoms with E-state index >= 15 is 0 Å². The smallest absolute Gasteiger partial charge is 0.161 e. The highest BCUT2D eigenvalue weighted by molar-refractivity contribution is 6.34. The molecule has 2 heterocycles. The van der Waals surface area contributed by atoms with E-state index < -0.39 is 0 Å². The molecule has 0 amide bonds. The molecule has 0 saturated heterocycles. The molecule has 4 nitrogen and oxygen atoms in total. The number of fused-ring (bicyclic) bond motifs is 1. The van der Waals surface area contributed by atoms with Crippen molar-refractivity contribution in [3.05, 3.63) is 23.1 Å². The molecule has 0 fully saturated rings. The van der Waals surface area contributed by atoms with Gasteiger partial charge in [0.1, 0.15) is 0 Å². The number of halogens is 1. The molecule has 0 bridgehead atoms. The van der Waals surface area contributed by atoms with Crippen LogP contribution in [-0.2, 0) is 7.05 Å². The molecule has 0 aliphatic heterocycles. The number of rotatable bonds is 1. The Morgan fingerprint density at radius 3 is 2.88 bits per heavy atom. The Bertz CT molecular complexity index is 604. The summed E-state index contributed by atoms with van der Waals surface area (Å²) in [6, 6.07) is 1.92. The van der Waals surface area contributed by atoms with Crippen LogP contribution in [0, 0.1) is 11.8 Å². The van der Waals surface area contributed by atoms with Crippen LogP contribution >= 0.6 is 11.6 Å². The molecule has 2 aromatic rings. The van der Waals surface area contributed by atoms with E-state index in [1.165, 1.54) is 0 Å². The Kier molecular flexibility index (Phi) is 3.32. The number of aromatic nitrogens is 3. The maximum atomic E-state index is 5.98. The standard InChI is InChI=1S/C12H13ClN4/c1-16(2)7-4-5-10-11-9(6-8-17(11)3)12(13)15-14-10/h6,8H,7H2,1-3H3. The van der Waals surface area contributed by atoms with Crippen molar-refractivity contribution in [3.63, 3.8) is 0 Å². The predicted octanol–water partition coefficient (Wildman–Crippen LogP) is 1.53. The van der Waals surface area contributed by atoms with Gasteiger partial charge in [-0.15, -0.1) is 10.2 Å². The molecule has 2 aromatic heterocycles. The van der Waals surface area contributed by atoms with E-state index in [1.54, 1.807) is 0 Å². The van der Waals surface area contributed by atoms with Gasteiger partial charge in [-0.25, -0.2) is 0 Å². The molecule has 0 aliphatic rings. The lowest BCUT2D eigenvalue weighted by atomic mass is 10.3. The summed E-state index contributed by atoms with van der Waals surface area (Å²) in [5.41, 5.74) is 1.59. The number of nitrogens with zero attached hydrogens (tertiary/aromatic N) is 4. The van der Waals surface area contributed by atoms with Gasteiger partial charge in [0.25, 0.3) is 0 Å². The van der Waals surface area contributed by atoms with Gasteiger partial charge < -0.3 is 4.57 Å². The van der Waals surface area contributed by atoms with Crippen LogP contribution in [0.2, 0.25) is 5.15 Å². The number of aryl methyl sites for hydroxylation is 1. The van der Waals surface area contributed by atoms with Gasteiger partial charge in [-0.2, -0.15) is 0 Å². The van der Waals surface area contributed by atoms with Gasteiger partial charge in [-0.3, -0.25) is 4.90 Å². The fraction of sp³-hybridized carbons (Fsp3) is 0.333. The monoisotopic (exact) mass is 248 g/mol. The van der Waals surface area contributed by atoms with Crippen LogP contribution in [0.15, 0.2) is 12.3 Å². The summed E-state index contributed by atoms with van der Waals surface area (Å²) in [4.78, 5) is 2.00. The summed E-state index contributed by atoms with van der Waals surface area (Å²) in [5.74, 6) is 6.08. The number of hydrogen-bond acceptors (Lipinski definition) is 3. The minimum absolute atomic E-state index is 0.416. The number of hydrogen-bond donors (Lipinski definition) is 0. The summed E-state index contributed by atoms with van der Waals surface area (Å²) in [7, 11) is 5.89. The van der Waals surface area contributed by atoms with Crippen LogP contribution in [-0.4, -0.2) is 40.3 Å². The third-order valence-electron chi connectivity index (χ3n) is 2.36. The van der Waals surface area contributed by atoms with Crippen molar-refractivity contribution in [2.45, 2.75) is 0 Å². The molecule has 0 aromatic carbocycles. The molecular formula is C12H13ClN4. The Morgan fingerprint density at radius 1 is 1.41 bits per heavy atom. The largest absolute Gasteiger partial charge is 0.348 e. The second-order valence-corrected chi connectivity index (χ2v) is 4.43. The zero-order chi connectivity index (χ0) is 12.4. The second kappa shape index (κ2) is 4.74. The zero-order valence-electron chi connectivity index (χ0n) is 10.0. The van der Waals surface area contributed by atoms with E-state index in [1.807, 2.05) is 42.9 Å². The quantitative estimate of drug-likeness (QED) is 0.718. The van der Waals surface area contributed by atoms with Crippen LogP contribution in [0.4, 0.5) is 0 Å². The van der Waals surface area contributed by atoms with Crippen LogP contribution in [0.1, 0.15) is 5.69 Å². The van der Waals surface area contributed by atoms with E-state index in [4.69, 9.17) is 11.6 Å². The Balaban J connectivity index is 2.50. The van der Waals surface area contributed by atoms with Crippen molar-refractivity contribution in [2.75, 3.05) is 20.6 Å². The average Bonchev–Trinajstić information content (AvgIpc) is 2.65. The highest BCUT2D eigenvalue weighted by atomic mass is 35.5. The first-order chi connectivity index (χ1) is 8.09. The lowest BCUT2D eigenvalue weighted by molar-refractivity contribution is 0.464. The summed E-state index contributed by atoms with van der Waals surface area (Å²) >= 11 is 5.98. The van der Waals surface area contributed by atoms with Gasteiger partial charge in [0.15, 0.2) is 10.8 Å². The first-order valence-electron chi connectivity index (χ1n) is 5.20. The third-order valence-corrected chi connectivity index (χ3v) is 2.64. The molecule has 0 spiro atoms. The van der Waals surface area contributed by atoms with Crippen LogP contribution in [0.25, 0.3) is 10.9 Å². The lowest BCUT2D eigenvalue weighted by Gasteiger charge is -2.02. The van der Waals surface area contributed by atoms with Crippen LogP contribution in [0.5, 0.6) is 0 Å². The average molecular weight is 249 g/mol. The molecule has 0 aliphatic carbocycles. The van der Waals surface area contributed by atoms with Crippen molar-refractivity contribution in [1.82, 2.24) is 19.7 Å². The maximum absolute atomic E-state index is 5.98. The fourth-order valence-electron chi connectivity index (χ4n) is 1.55. The lowest BCUT2D eigenvalue weighted by Crippen LogP contribution is -2.10. The van der Waals surface area contributed by atoms with Crippen molar-refractivity contribution < 1.29 is 0 Å². The normalized spacial score (nSPS) is 10.6. The molecule has 0 saturated carbocycles. The van der Waals surface area contributed by atoms with Crippen molar-refractivity contribution >= 4 is 22.5 Å². The predicted molar refractivity (Wildman–Crippen MR) is 69.0 cm³/mol. The third kappa shape index (κ3) is 2.41. The van der Waals surface area contributed by atoms with E-state index in [2.05, 4.69) is 22.0 Å². The molecule has 0 atom stereocenters. The van der Waals surface area contributed by atoms with Crippen molar-refractivity contribution in [2.24, 2.45) is 7.05 Å². The molecule has 17 heavy (non-hydrogen) atoms. The van der Waals surface area contributed by atoms with E-state index in [-0.39, 0.29) is 0 Å². The van der Waals surface area contributed by atoms with Gasteiger partial charge in [0.05, 0.1) is 12.1 Å². The van der Waals surface area contributed by atoms with Gasteiger partial charge in [0, 0.05) is 18.6 Å².